The molecule has 0 saturated heterocycles. The van der Waals surface area contributed by atoms with Crippen molar-refractivity contribution in [2.24, 2.45) is 0 Å². The average Bonchev–Trinajstić information content (AvgIpc) is 3.22. The normalized spacial score (nSPS) is 13.0. The van der Waals surface area contributed by atoms with E-state index in [4.69, 9.17) is 0 Å². The zero-order valence-electron chi connectivity index (χ0n) is 38.9. The molecule has 0 aliphatic rings. The number of carbonyl (C=O) groups is 1. The van der Waals surface area contributed by atoms with E-state index >= 15 is 0 Å². The van der Waals surface area contributed by atoms with Crippen molar-refractivity contribution in [3.63, 3.8) is 0 Å². The summed E-state index contributed by atoms with van der Waals surface area (Å²) in [6.45, 7) is 4.33. The summed E-state index contributed by atoms with van der Waals surface area (Å²) in [7, 11) is 0. The minimum Gasteiger partial charge on any atom is -0.394 e. The third kappa shape index (κ3) is 45.8. The van der Waals surface area contributed by atoms with Crippen LogP contribution in [0.4, 0.5) is 0 Å². The predicted molar refractivity (Wildman–Crippen MR) is 253 cm³/mol. The largest absolute Gasteiger partial charge is 0.394 e. The fourth-order valence-electron chi connectivity index (χ4n) is 8.18. The van der Waals surface area contributed by atoms with Gasteiger partial charge in [0.15, 0.2) is 0 Å². The molecular weight excluding hydrogens is 699 g/mol. The molecular formula is C53H103NO3. The number of hydrogen-bond acceptors (Lipinski definition) is 3. The van der Waals surface area contributed by atoms with Crippen LogP contribution in [0.25, 0.3) is 0 Å². The molecule has 0 saturated carbocycles. The first kappa shape index (κ1) is 55.9. The lowest BCUT2D eigenvalue weighted by molar-refractivity contribution is -0.123. The Morgan fingerprint density at radius 1 is 0.404 bits per heavy atom. The van der Waals surface area contributed by atoms with Crippen LogP contribution in [0.2, 0.25) is 0 Å². The van der Waals surface area contributed by atoms with Crippen LogP contribution in [0, 0.1) is 0 Å². The van der Waals surface area contributed by atoms with Crippen LogP contribution < -0.4 is 5.32 Å². The van der Waals surface area contributed by atoms with Crippen molar-refractivity contribution in [2.75, 3.05) is 6.61 Å². The molecule has 0 aromatic heterocycles. The van der Waals surface area contributed by atoms with Gasteiger partial charge in [0, 0.05) is 6.42 Å². The highest BCUT2D eigenvalue weighted by molar-refractivity contribution is 5.76. The number of aliphatic hydroxyl groups excluding tert-OH is 2. The lowest BCUT2D eigenvalue weighted by atomic mass is 10.0. The number of unbranched alkanes of at least 4 members (excludes halogenated alkanes) is 39. The molecule has 57 heavy (non-hydrogen) atoms. The van der Waals surface area contributed by atoms with Crippen LogP contribution in [0.5, 0.6) is 0 Å². The summed E-state index contributed by atoms with van der Waals surface area (Å²) >= 11 is 0. The SMILES string of the molecule is CCCCCCCCCC/C=C\CCCCCCCCCCCCCCCCCCCC(=O)NC(CO)C(O)/C=C/CCCCCCCCCCCCCCCC. The molecule has 1 amide bonds. The van der Waals surface area contributed by atoms with Crippen molar-refractivity contribution in [1.82, 2.24) is 5.32 Å². The van der Waals surface area contributed by atoms with Crippen LogP contribution in [0.1, 0.15) is 290 Å². The smallest absolute Gasteiger partial charge is 0.220 e. The maximum Gasteiger partial charge on any atom is 0.220 e. The maximum absolute atomic E-state index is 12.4. The fourth-order valence-corrected chi connectivity index (χ4v) is 8.18. The summed E-state index contributed by atoms with van der Waals surface area (Å²) in [5, 5.41) is 23.1. The van der Waals surface area contributed by atoms with Gasteiger partial charge in [0.1, 0.15) is 0 Å². The Balaban J connectivity index is 3.45. The summed E-state index contributed by atoms with van der Waals surface area (Å²) in [4.78, 5) is 12.4. The average molecular weight is 802 g/mol. The van der Waals surface area contributed by atoms with E-state index < -0.39 is 12.1 Å². The molecule has 4 nitrogen and oxygen atoms in total. The van der Waals surface area contributed by atoms with Gasteiger partial charge in [-0.25, -0.2) is 0 Å². The van der Waals surface area contributed by atoms with Crippen molar-refractivity contribution in [3.05, 3.63) is 24.3 Å². The number of rotatable bonds is 48. The lowest BCUT2D eigenvalue weighted by Crippen LogP contribution is -2.45. The Morgan fingerprint density at radius 3 is 0.965 bits per heavy atom. The van der Waals surface area contributed by atoms with E-state index in [2.05, 4.69) is 31.3 Å². The van der Waals surface area contributed by atoms with Gasteiger partial charge < -0.3 is 15.5 Å². The molecule has 0 aromatic rings. The first-order valence-corrected chi connectivity index (χ1v) is 26.1. The Kier molecular flexibility index (Phi) is 48.3. The van der Waals surface area contributed by atoms with Crippen LogP contribution in [0.15, 0.2) is 24.3 Å². The second kappa shape index (κ2) is 49.2. The van der Waals surface area contributed by atoms with Gasteiger partial charge in [0.25, 0.3) is 0 Å². The molecule has 338 valence electrons. The third-order valence-electron chi connectivity index (χ3n) is 12.2. The highest BCUT2D eigenvalue weighted by Crippen LogP contribution is 2.17. The quantitative estimate of drug-likeness (QED) is 0.0424. The molecule has 0 heterocycles. The van der Waals surface area contributed by atoms with Crippen LogP contribution in [-0.4, -0.2) is 34.9 Å². The summed E-state index contributed by atoms with van der Waals surface area (Å²) in [6, 6.07) is -0.619. The molecule has 2 unspecified atom stereocenters. The lowest BCUT2D eigenvalue weighted by Gasteiger charge is -2.20. The molecule has 0 rings (SSSR count). The van der Waals surface area contributed by atoms with Crippen LogP contribution in [0.3, 0.4) is 0 Å². The van der Waals surface area contributed by atoms with Gasteiger partial charge in [-0.05, 0) is 44.9 Å². The van der Waals surface area contributed by atoms with Crippen molar-refractivity contribution in [1.29, 1.82) is 0 Å². The van der Waals surface area contributed by atoms with E-state index in [1.807, 2.05) is 6.08 Å². The third-order valence-corrected chi connectivity index (χ3v) is 12.2. The van der Waals surface area contributed by atoms with Crippen molar-refractivity contribution >= 4 is 5.91 Å². The first-order chi connectivity index (χ1) is 28.2. The van der Waals surface area contributed by atoms with Gasteiger partial charge in [-0.15, -0.1) is 0 Å². The van der Waals surface area contributed by atoms with Crippen molar-refractivity contribution in [2.45, 2.75) is 302 Å². The molecule has 0 spiro atoms. The van der Waals surface area contributed by atoms with Gasteiger partial charge in [-0.1, -0.05) is 263 Å². The van der Waals surface area contributed by atoms with Gasteiger partial charge in [-0.2, -0.15) is 0 Å². The number of nitrogens with one attached hydrogen (secondary N) is 1. The minimum absolute atomic E-state index is 0.0591. The second-order valence-electron chi connectivity index (χ2n) is 17.9. The molecule has 0 aromatic carbocycles. The maximum atomic E-state index is 12.4. The minimum atomic E-state index is -0.836. The number of carbonyl (C=O) groups excluding carboxylic acids is 1. The molecule has 0 fully saturated rings. The molecule has 2 atom stereocenters. The van der Waals surface area contributed by atoms with Crippen molar-refractivity contribution in [3.8, 4) is 0 Å². The molecule has 0 aliphatic carbocycles. The molecule has 4 heteroatoms. The Hall–Kier alpha value is -1.13. The second-order valence-corrected chi connectivity index (χ2v) is 17.9. The van der Waals surface area contributed by atoms with E-state index in [-0.39, 0.29) is 12.5 Å². The highest BCUT2D eigenvalue weighted by atomic mass is 16.3. The summed E-state index contributed by atoms with van der Waals surface area (Å²) in [5.74, 6) is -0.0591. The number of amides is 1. The highest BCUT2D eigenvalue weighted by Gasteiger charge is 2.18. The van der Waals surface area contributed by atoms with Crippen molar-refractivity contribution < 1.29 is 15.0 Å². The number of aliphatic hydroxyl groups is 2. The monoisotopic (exact) mass is 802 g/mol. The summed E-state index contributed by atoms with van der Waals surface area (Å²) in [5.41, 5.74) is 0. The molecule has 0 aliphatic heterocycles. The Labute approximate surface area is 358 Å². The van der Waals surface area contributed by atoms with Gasteiger partial charge in [0.2, 0.25) is 5.91 Å². The first-order valence-electron chi connectivity index (χ1n) is 26.1. The molecule has 0 bridgehead atoms. The van der Waals surface area contributed by atoms with Gasteiger partial charge >= 0.3 is 0 Å². The molecule has 3 N–H and O–H groups in total. The van der Waals surface area contributed by atoms with E-state index in [0.717, 1.165) is 25.7 Å². The summed E-state index contributed by atoms with van der Waals surface area (Å²) in [6.07, 6.45) is 64.7. The van der Waals surface area contributed by atoms with E-state index in [9.17, 15) is 15.0 Å². The van der Waals surface area contributed by atoms with E-state index in [1.54, 1.807) is 6.08 Å². The van der Waals surface area contributed by atoms with Crippen LogP contribution >= 0.6 is 0 Å². The van der Waals surface area contributed by atoms with Gasteiger partial charge in [-0.3, -0.25) is 4.79 Å². The number of allylic oxidation sites excluding steroid dienone is 3. The fraction of sp³-hybridized carbons (Fsp3) is 0.906. The Morgan fingerprint density at radius 2 is 0.667 bits per heavy atom. The predicted octanol–water partition coefficient (Wildman–Crippen LogP) is 16.8. The zero-order chi connectivity index (χ0) is 41.4. The number of hydrogen-bond donors (Lipinski definition) is 3. The standard InChI is InChI=1S/C53H103NO3/c1-3-5-7-9-11-13-15-17-19-21-22-23-24-25-26-27-28-29-30-31-32-33-35-37-39-41-43-45-47-49-53(57)54-51(50-55)52(56)48-46-44-42-40-38-36-34-20-18-16-14-12-10-8-6-4-2/h21-22,46,48,51-52,55-56H,3-20,23-45,47,49-50H2,1-2H3,(H,54,57)/b22-21-,48-46+. The Bertz CT molecular complexity index is 825. The van der Waals surface area contributed by atoms with E-state index in [0.29, 0.717) is 6.42 Å². The summed E-state index contributed by atoms with van der Waals surface area (Å²) < 4.78 is 0. The van der Waals surface area contributed by atoms with E-state index in [1.165, 1.54) is 244 Å². The topological polar surface area (TPSA) is 69.6 Å². The van der Waals surface area contributed by atoms with Crippen LogP contribution in [-0.2, 0) is 4.79 Å². The van der Waals surface area contributed by atoms with Gasteiger partial charge in [0.05, 0.1) is 18.8 Å². The zero-order valence-corrected chi connectivity index (χ0v) is 38.9. The molecule has 0 radical (unpaired) electrons.